The van der Waals surface area contributed by atoms with Crippen LogP contribution in [0.15, 0.2) is 30.3 Å². The Balaban J connectivity index is 1.50. The molecule has 3 rings (SSSR count). The van der Waals surface area contributed by atoms with Gasteiger partial charge in [0.05, 0.1) is 4.75 Å². The summed E-state index contributed by atoms with van der Waals surface area (Å²) in [6, 6.07) is 10.4. The number of carbonyl (C=O) groups is 1. The van der Waals surface area contributed by atoms with Gasteiger partial charge in [0.25, 0.3) is 0 Å². The maximum Gasteiger partial charge on any atom is 0.317 e. The zero-order chi connectivity index (χ0) is 17.0. The molecule has 2 fully saturated rings. The lowest BCUT2D eigenvalue weighted by Crippen LogP contribution is -2.55. The van der Waals surface area contributed by atoms with Crippen molar-refractivity contribution < 1.29 is 9.00 Å². The second kappa shape index (κ2) is 7.55. The summed E-state index contributed by atoms with van der Waals surface area (Å²) in [7, 11) is -0.883. The molecule has 0 bridgehead atoms. The molecule has 24 heavy (non-hydrogen) atoms. The summed E-state index contributed by atoms with van der Waals surface area (Å²) in [6.07, 6.45) is 6.85. The number of rotatable bonds is 5. The molecule has 0 spiro atoms. The molecule has 6 heteroatoms. The van der Waals surface area contributed by atoms with Gasteiger partial charge in [-0.1, -0.05) is 24.6 Å². The van der Waals surface area contributed by atoms with Crippen LogP contribution >= 0.6 is 0 Å². The summed E-state index contributed by atoms with van der Waals surface area (Å²) in [5, 5.41) is 6.54. The van der Waals surface area contributed by atoms with Crippen LogP contribution < -0.4 is 10.6 Å². The molecule has 0 radical (unpaired) electrons. The van der Waals surface area contributed by atoms with Crippen molar-refractivity contribution in [1.82, 2.24) is 10.2 Å². The molecular weight excluding hydrogens is 322 g/mol. The Kier molecular flexibility index (Phi) is 5.43. The van der Waals surface area contributed by atoms with Gasteiger partial charge >= 0.3 is 6.03 Å². The van der Waals surface area contributed by atoms with Gasteiger partial charge in [0.15, 0.2) is 0 Å². The average molecular weight is 350 g/mol. The van der Waals surface area contributed by atoms with Gasteiger partial charge in [-0.15, -0.1) is 0 Å². The Morgan fingerprint density at radius 3 is 2.67 bits per heavy atom. The maximum atomic E-state index is 12.5. The van der Waals surface area contributed by atoms with Crippen molar-refractivity contribution in [2.45, 2.75) is 42.9 Å². The van der Waals surface area contributed by atoms with Gasteiger partial charge in [-0.2, -0.15) is 0 Å². The molecule has 1 saturated carbocycles. The third-order valence-electron chi connectivity index (χ3n) is 5.29. The van der Waals surface area contributed by atoms with Crippen LogP contribution in [0.2, 0.25) is 0 Å². The van der Waals surface area contributed by atoms with Crippen molar-refractivity contribution in [3.63, 3.8) is 0 Å². The van der Waals surface area contributed by atoms with E-state index in [0.29, 0.717) is 13.1 Å². The zero-order valence-corrected chi connectivity index (χ0v) is 15.1. The number of para-hydroxylation sites is 1. The molecule has 2 aliphatic rings. The van der Waals surface area contributed by atoms with Crippen molar-refractivity contribution >= 4 is 22.5 Å². The topological polar surface area (TPSA) is 61.4 Å². The molecule has 2 atom stereocenters. The third-order valence-corrected chi connectivity index (χ3v) is 7.06. The summed E-state index contributed by atoms with van der Waals surface area (Å²) < 4.78 is 11.7. The Bertz CT molecular complexity index is 589. The normalized spacial score (nSPS) is 23.9. The Hall–Kier alpha value is -1.56. The highest BCUT2D eigenvalue weighted by Crippen LogP contribution is 2.36. The van der Waals surface area contributed by atoms with Crippen molar-refractivity contribution in [1.29, 1.82) is 0 Å². The molecule has 1 aliphatic carbocycles. The molecule has 1 aromatic rings. The highest BCUT2D eigenvalue weighted by Gasteiger charge is 2.41. The van der Waals surface area contributed by atoms with E-state index in [1.54, 1.807) is 6.26 Å². The first-order chi connectivity index (χ1) is 11.6. The van der Waals surface area contributed by atoms with Crippen LogP contribution in [-0.4, -0.2) is 51.8 Å². The maximum absolute atomic E-state index is 12.5. The lowest BCUT2D eigenvalue weighted by molar-refractivity contribution is 0.179. The quantitative estimate of drug-likeness (QED) is 0.859. The Morgan fingerprint density at radius 1 is 1.29 bits per heavy atom. The minimum absolute atomic E-state index is 0.0220. The molecule has 2 N–H and O–H groups in total. The SMILES string of the molecule is C[S@](=O)C1(CNC(=O)N2CCC[C@@H](Nc3ccccc3)C2)CCC1. The molecule has 2 amide bonds. The monoisotopic (exact) mass is 349 g/mol. The number of nitrogens with one attached hydrogen (secondary N) is 2. The number of hydrogen-bond donors (Lipinski definition) is 2. The van der Waals surface area contributed by atoms with Crippen LogP contribution in [0.3, 0.4) is 0 Å². The van der Waals surface area contributed by atoms with E-state index >= 15 is 0 Å². The predicted octanol–water partition coefficient (Wildman–Crippen LogP) is 2.57. The third kappa shape index (κ3) is 3.91. The first-order valence-electron chi connectivity index (χ1n) is 8.77. The van der Waals surface area contributed by atoms with Crippen molar-refractivity contribution in [3.8, 4) is 0 Å². The van der Waals surface area contributed by atoms with E-state index < -0.39 is 10.8 Å². The number of carbonyl (C=O) groups excluding carboxylic acids is 1. The van der Waals surface area contributed by atoms with Gasteiger partial charge < -0.3 is 15.5 Å². The van der Waals surface area contributed by atoms with Gasteiger partial charge in [-0.3, -0.25) is 4.21 Å². The van der Waals surface area contributed by atoms with Gasteiger partial charge in [-0.05, 0) is 37.8 Å². The van der Waals surface area contributed by atoms with E-state index in [1.165, 1.54) is 0 Å². The van der Waals surface area contributed by atoms with Crippen molar-refractivity contribution in [2.75, 3.05) is 31.2 Å². The minimum atomic E-state index is -0.883. The first kappa shape index (κ1) is 17.3. The summed E-state index contributed by atoms with van der Waals surface area (Å²) in [5.41, 5.74) is 1.10. The van der Waals surface area contributed by atoms with Crippen LogP contribution in [0.1, 0.15) is 32.1 Å². The molecule has 1 heterocycles. The van der Waals surface area contributed by atoms with E-state index in [-0.39, 0.29) is 16.8 Å². The molecule has 0 aromatic heterocycles. The predicted molar refractivity (Wildman–Crippen MR) is 98.7 cm³/mol. The van der Waals surface area contributed by atoms with Crippen LogP contribution in [0.4, 0.5) is 10.5 Å². The first-order valence-corrected chi connectivity index (χ1v) is 10.3. The molecule has 0 unspecified atom stereocenters. The number of hydrogen-bond acceptors (Lipinski definition) is 3. The highest BCUT2D eigenvalue weighted by atomic mass is 32.2. The standard InChI is InChI=1S/C18H27N3O2S/c1-24(23)18(10-6-11-18)14-19-17(22)21-12-5-9-16(13-21)20-15-7-3-2-4-8-15/h2-4,7-8,16,20H,5-6,9-14H2,1H3,(H,19,22)/t16-,24+/m1/s1. The van der Waals surface area contributed by atoms with Crippen LogP contribution in [0, 0.1) is 0 Å². The van der Waals surface area contributed by atoms with Crippen molar-refractivity contribution in [2.24, 2.45) is 0 Å². The van der Waals surface area contributed by atoms with E-state index in [4.69, 9.17) is 0 Å². The fraction of sp³-hybridized carbons (Fsp3) is 0.611. The molecular formula is C18H27N3O2S. The molecule has 132 valence electrons. The summed E-state index contributed by atoms with van der Waals surface area (Å²) in [6.45, 7) is 2.03. The summed E-state index contributed by atoms with van der Waals surface area (Å²) in [4.78, 5) is 14.4. The second-order valence-electron chi connectivity index (χ2n) is 6.94. The summed E-state index contributed by atoms with van der Waals surface area (Å²) >= 11 is 0. The highest BCUT2D eigenvalue weighted by molar-refractivity contribution is 7.85. The van der Waals surface area contributed by atoms with E-state index in [9.17, 15) is 9.00 Å². The van der Waals surface area contributed by atoms with Gasteiger partial charge in [0.2, 0.25) is 0 Å². The van der Waals surface area contributed by atoms with Gasteiger partial charge in [0.1, 0.15) is 0 Å². The molecule has 1 aromatic carbocycles. The number of urea groups is 1. The number of anilines is 1. The lowest BCUT2D eigenvalue weighted by atomic mass is 9.84. The van der Waals surface area contributed by atoms with Gasteiger partial charge in [-0.25, -0.2) is 4.79 Å². The fourth-order valence-electron chi connectivity index (χ4n) is 3.53. The Labute approximate surface area is 146 Å². The molecule has 1 aliphatic heterocycles. The number of likely N-dealkylation sites (tertiary alicyclic amines) is 1. The zero-order valence-electron chi connectivity index (χ0n) is 14.3. The number of amides is 2. The number of benzene rings is 1. The second-order valence-corrected chi connectivity index (χ2v) is 8.72. The fourth-order valence-corrected chi connectivity index (χ4v) is 4.67. The average Bonchev–Trinajstić information content (AvgIpc) is 2.54. The minimum Gasteiger partial charge on any atom is -0.381 e. The van der Waals surface area contributed by atoms with Crippen LogP contribution in [0.5, 0.6) is 0 Å². The van der Waals surface area contributed by atoms with Gasteiger partial charge in [0, 0.05) is 48.4 Å². The lowest BCUT2D eigenvalue weighted by Gasteiger charge is -2.41. The number of piperidine rings is 1. The summed E-state index contributed by atoms with van der Waals surface area (Å²) in [5.74, 6) is 0. The van der Waals surface area contributed by atoms with Crippen molar-refractivity contribution in [3.05, 3.63) is 30.3 Å². The Morgan fingerprint density at radius 2 is 2.04 bits per heavy atom. The largest absolute Gasteiger partial charge is 0.381 e. The smallest absolute Gasteiger partial charge is 0.317 e. The molecule has 5 nitrogen and oxygen atoms in total. The van der Waals surface area contributed by atoms with E-state index in [1.807, 2.05) is 23.1 Å². The van der Waals surface area contributed by atoms with Crippen LogP contribution in [0.25, 0.3) is 0 Å². The van der Waals surface area contributed by atoms with E-state index in [0.717, 1.165) is 44.3 Å². The molecule has 1 saturated heterocycles. The van der Waals surface area contributed by atoms with Crippen LogP contribution in [-0.2, 0) is 10.8 Å². The number of nitrogens with zero attached hydrogens (tertiary/aromatic N) is 1. The van der Waals surface area contributed by atoms with E-state index in [2.05, 4.69) is 22.8 Å².